The monoisotopic (exact) mass is 276 g/mol. The standard InChI is InChI=1S/C16H24N2O2/c1-11-9-18(16(19)12(2)13(3)17)15(10-20-11)14-7-5-4-6-8-14/h4-8,11-13,15H,9-10,17H2,1-3H3. The van der Waals surface area contributed by atoms with Crippen molar-refractivity contribution in [2.24, 2.45) is 11.7 Å². The van der Waals surface area contributed by atoms with Gasteiger partial charge in [0.25, 0.3) is 0 Å². The van der Waals surface area contributed by atoms with Crippen LogP contribution in [-0.2, 0) is 9.53 Å². The van der Waals surface area contributed by atoms with E-state index in [1.165, 1.54) is 0 Å². The molecular formula is C16H24N2O2. The molecule has 0 aromatic heterocycles. The number of nitrogens with two attached hydrogens (primary N) is 1. The molecule has 1 aromatic rings. The van der Waals surface area contributed by atoms with E-state index >= 15 is 0 Å². The molecular weight excluding hydrogens is 252 g/mol. The van der Waals surface area contributed by atoms with Gasteiger partial charge in [0, 0.05) is 12.6 Å². The predicted octanol–water partition coefficient (Wildman–Crippen LogP) is 1.96. The molecule has 4 heteroatoms. The summed E-state index contributed by atoms with van der Waals surface area (Å²) in [6, 6.07) is 9.89. The lowest BCUT2D eigenvalue weighted by Gasteiger charge is -2.40. The molecule has 110 valence electrons. The van der Waals surface area contributed by atoms with Gasteiger partial charge in [0.1, 0.15) is 0 Å². The van der Waals surface area contributed by atoms with E-state index in [1.807, 2.05) is 56.0 Å². The number of hydrogen-bond donors (Lipinski definition) is 1. The lowest BCUT2D eigenvalue weighted by atomic mass is 9.98. The van der Waals surface area contributed by atoms with E-state index in [4.69, 9.17) is 10.5 Å². The third-order valence-corrected chi connectivity index (χ3v) is 4.01. The summed E-state index contributed by atoms with van der Waals surface area (Å²) in [6.45, 7) is 6.94. The maximum Gasteiger partial charge on any atom is 0.227 e. The molecule has 4 atom stereocenters. The lowest BCUT2D eigenvalue weighted by molar-refractivity contribution is -0.149. The van der Waals surface area contributed by atoms with Gasteiger partial charge in [-0.1, -0.05) is 37.3 Å². The number of amides is 1. The Hall–Kier alpha value is -1.39. The summed E-state index contributed by atoms with van der Waals surface area (Å²) >= 11 is 0. The van der Waals surface area contributed by atoms with Gasteiger partial charge in [0.05, 0.1) is 24.7 Å². The summed E-state index contributed by atoms with van der Waals surface area (Å²) in [4.78, 5) is 14.6. The first-order chi connectivity index (χ1) is 9.50. The molecule has 1 aliphatic heterocycles. The second-order valence-corrected chi connectivity index (χ2v) is 5.71. The molecule has 0 radical (unpaired) electrons. The lowest BCUT2D eigenvalue weighted by Crippen LogP contribution is -2.50. The Morgan fingerprint density at radius 1 is 1.35 bits per heavy atom. The highest BCUT2D eigenvalue weighted by Gasteiger charge is 2.34. The zero-order valence-corrected chi connectivity index (χ0v) is 12.5. The minimum atomic E-state index is -0.175. The average molecular weight is 276 g/mol. The van der Waals surface area contributed by atoms with Crippen LogP contribution in [0.5, 0.6) is 0 Å². The van der Waals surface area contributed by atoms with Crippen molar-refractivity contribution in [3.8, 4) is 0 Å². The fourth-order valence-corrected chi connectivity index (χ4v) is 2.48. The zero-order chi connectivity index (χ0) is 14.7. The molecule has 0 bridgehead atoms. The number of hydrogen-bond acceptors (Lipinski definition) is 3. The Balaban J connectivity index is 2.23. The van der Waals surface area contributed by atoms with Gasteiger partial charge in [-0.3, -0.25) is 4.79 Å². The molecule has 1 heterocycles. The highest BCUT2D eigenvalue weighted by atomic mass is 16.5. The van der Waals surface area contributed by atoms with Crippen LogP contribution in [0.25, 0.3) is 0 Å². The van der Waals surface area contributed by atoms with Crippen molar-refractivity contribution >= 4 is 5.91 Å². The number of carbonyl (C=O) groups is 1. The molecule has 4 unspecified atom stereocenters. The fourth-order valence-electron chi connectivity index (χ4n) is 2.48. The van der Waals surface area contributed by atoms with Gasteiger partial charge < -0.3 is 15.4 Å². The molecule has 20 heavy (non-hydrogen) atoms. The number of morpholine rings is 1. The Bertz CT molecular complexity index is 447. The molecule has 0 aliphatic carbocycles. The van der Waals surface area contributed by atoms with Crippen LogP contribution < -0.4 is 5.73 Å². The van der Waals surface area contributed by atoms with E-state index in [1.54, 1.807) is 0 Å². The molecule has 0 spiro atoms. The smallest absolute Gasteiger partial charge is 0.227 e. The summed E-state index contributed by atoms with van der Waals surface area (Å²) < 4.78 is 5.74. The van der Waals surface area contributed by atoms with Crippen LogP contribution in [0.2, 0.25) is 0 Å². The average Bonchev–Trinajstić information content (AvgIpc) is 2.46. The van der Waals surface area contributed by atoms with Gasteiger partial charge in [-0.25, -0.2) is 0 Å². The number of carbonyl (C=O) groups excluding carboxylic acids is 1. The van der Waals surface area contributed by atoms with E-state index in [9.17, 15) is 4.79 Å². The van der Waals surface area contributed by atoms with Crippen molar-refractivity contribution in [3.05, 3.63) is 35.9 Å². The van der Waals surface area contributed by atoms with E-state index in [0.29, 0.717) is 13.2 Å². The van der Waals surface area contributed by atoms with Crippen molar-refractivity contribution in [2.45, 2.75) is 39.0 Å². The number of ether oxygens (including phenoxy) is 1. The first-order valence-corrected chi connectivity index (χ1v) is 7.23. The van der Waals surface area contributed by atoms with Crippen LogP contribution in [0.4, 0.5) is 0 Å². The molecule has 1 aromatic carbocycles. The summed E-state index contributed by atoms with van der Waals surface area (Å²) in [5.41, 5.74) is 7.00. The molecule has 1 aliphatic rings. The summed E-state index contributed by atoms with van der Waals surface area (Å²) in [5.74, 6) is -0.0597. The summed E-state index contributed by atoms with van der Waals surface area (Å²) in [5, 5.41) is 0. The topological polar surface area (TPSA) is 55.6 Å². The predicted molar refractivity (Wildman–Crippen MR) is 79.1 cm³/mol. The second kappa shape index (κ2) is 6.37. The zero-order valence-electron chi connectivity index (χ0n) is 12.5. The Morgan fingerprint density at radius 2 is 2.00 bits per heavy atom. The normalized spacial score (nSPS) is 26.1. The Labute approximate surface area is 120 Å². The van der Waals surface area contributed by atoms with Crippen LogP contribution in [0.3, 0.4) is 0 Å². The summed E-state index contributed by atoms with van der Waals surface area (Å²) in [6.07, 6.45) is 0.0687. The van der Waals surface area contributed by atoms with Gasteiger partial charge in [0.2, 0.25) is 5.91 Å². The van der Waals surface area contributed by atoms with Crippen LogP contribution in [0, 0.1) is 5.92 Å². The molecule has 0 saturated carbocycles. The molecule has 1 fully saturated rings. The Morgan fingerprint density at radius 3 is 2.60 bits per heavy atom. The van der Waals surface area contributed by atoms with Crippen molar-refractivity contribution in [1.29, 1.82) is 0 Å². The van der Waals surface area contributed by atoms with Crippen molar-refractivity contribution in [3.63, 3.8) is 0 Å². The quantitative estimate of drug-likeness (QED) is 0.918. The van der Waals surface area contributed by atoms with Crippen molar-refractivity contribution in [1.82, 2.24) is 4.90 Å². The SMILES string of the molecule is CC1CN(C(=O)C(C)C(C)N)C(c2ccccc2)CO1. The maximum atomic E-state index is 12.7. The van der Waals surface area contributed by atoms with Crippen LogP contribution in [0.1, 0.15) is 32.4 Å². The highest BCUT2D eigenvalue weighted by Crippen LogP contribution is 2.28. The Kier molecular flexibility index (Phi) is 4.78. The molecule has 4 nitrogen and oxygen atoms in total. The van der Waals surface area contributed by atoms with E-state index < -0.39 is 0 Å². The minimum Gasteiger partial charge on any atom is -0.374 e. The summed E-state index contributed by atoms with van der Waals surface area (Å²) in [7, 11) is 0. The fraction of sp³-hybridized carbons (Fsp3) is 0.562. The molecule has 1 saturated heterocycles. The van der Waals surface area contributed by atoms with Gasteiger partial charge in [-0.2, -0.15) is 0 Å². The van der Waals surface area contributed by atoms with Crippen molar-refractivity contribution < 1.29 is 9.53 Å². The largest absolute Gasteiger partial charge is 0.374 e. The molecule has 1 amide bonds. The van der Waals surface area contributed by atoms with Crippen LogP contribution in [0.15, 0.2) is 30.3 Å². The van der Waals surface area contributed by atoms with Gasteiger partial charge >= 0.3 is 0 Å². The second-order valence-electron chi connectivity index (χ2n) is 5.71. The van der Waals surface area contributed by atoms with Gasteiger partial charge in [-0.05, 0) is 19.4 Å². The van der Waals surface area contributed by atoms with Gasteiger partial charge in [-0.15, -0.1) is 0 Å². The highest BCUT2D eigenvalue weighted by molar-refractivity contribution is 5.79. The first kappa shape index (κ1) is 15.0. The third-order valence-electron chi connectivity index (χ3n) is 4.01. The molecule has 2 N–H and O–H groups in total. The first-order valence-electron chi connectivity index (χ1n) is 7.23. The number of benzene rings is 1. The van der Waals surface area contributed by atoms with Crippen LogP contribution >= 0.6 is 0 Å². The minimum absolute atomic E-state index is 0.0129. The maximum absolute atomic E-state index is 12.7. The molecule has 2 rings (SSSR count). The van der Waals surface area contributed by atoms with E-state index in [0.717, 1.165) is 5.56 Å². The van der Waals surface area contributed by atoms with Crippen LogP contribution in [-0.4, -0.2) is 36.1 Å². The van der Waals surface area contributed by atoms with Crippen molar-refractivity contribution in [2.75, 3.05) is 13.2 Å². The van der Waals surface area contributed by atoms with E-state index in [2.05, 4.69) is 0 Å². The third kappa shape index (κ3) is 3.19. The number of rotatable bonds is 3. The van der Waals surface area contributed by atoms with E-state index in [-0.39, 0.29) is 30.0 Å². The number of nitrogens with zero attached hydrogens (tertiary/aromatic N) is 1. The van der Waals surface area contributed by atoms with Gasteiger partial charge in [0.15, 0.2) is 0 Å².